The second-order valence-corrected chi connectivity index (χ2v) is 9.15. The lowest BCUT2D eigenvalue weighted by atomic mass is 10.3. The number of hydrogen-bond acceptors (Lipinski definition) is 5. The molecule has 0 radical (unpaired) electrons. The van der Waals surface area contributed by atoms with E-state index in [1.165, 1.54) is 22.5 Å². The van der Waals surface area contributed by atoms with Crippen molar-refractivity contribution < 1.29 is 22.7 Å². The molecule has 1 fully saturated rings. The number of morpholine rings is 1. The van der Waals surface area contributed by atoms with Gasteiger partial charge in [0.1, 0.15) is 5.75 Å². The standard InChI is InChI=1S/C19H20Cl2N2O5S/c1-13(19(24)22-15-4-2-14(20)3-5-15)28-18-7-6-16(12-17(18)21)29(25,26)23-8-10-27-11-9-23/h2-7,12-13H,8-11H2,1H3,(H,22,24)/t13-/m1/s1. The molecule has 0 spiro atoms. The number of carbonyl (C=O) groups excluding carboxylic acids is 1. The van der Waals surface area contributed by atoms with Crippen molar-refractivity contribution in [1.82, 2.24) is 4.31 Å². The third kappa shape index (κ3) is 5.40. The van der Waals surface area contributed by atoms with Crippen molar-refractivity contribution in [3.05, 3.63) is 52.5 Å². The highest BCUT2D eigenvalue weighted by Crippen LogP contribution is 2.30. The summed E-state index contributed by atoms with van der Waals surface area (Å²) in [6.07, 6.45) is -0.857. The largest absolute Gasteiger partial charge is 0.479 e. The second-order valence-electron chi connectivity index (χ2n) is 6.36. The first-order valence-electron chi connectivity index (χ1n) is 8.88. The van der Waals surface area contributed by atoms with Crippen molar-refractivity contribution in [3.8, 4) is 5.75 Å². The number of rotatable bonds is 6. The van der Waals surface area contributed by atoms with Gasteiger partial charge >= 0.3 is 0 Å². The van der Waals surface area contributed by atoms with Crippen LogP contribution < -0.4 is 10.1 Å². The minimum absolute atomic E-state index is 0.0648. The first kappa shape index (κ1) is 21.9. The summed E-state index contributed by atoms with van der Waals surface area (Å²) in [6, 6.07) is 10.8. The molecule has 0 saturated carbocycles. The monoisotopic (exact) mass is 458 g/mol. The van der Waals surface area contributed by atoms with Gasteiger partial charge in [0.2, 0.25) is 10.0 Å². The van der Waals surface area contributed by atoms with Gasteiger partial charge in [-0.25, -0.2) is 8.42 Å². The zero-order chi connectivity index (χ0) is 21.0. The molecule has 3 rings (SSSR count). The van der Waals surface area contributed by atoms with E-state index >= 15 is 0 Å². The van der Waals surface area contributed by atoms with Gasteiger partial charge in [-0.2, -0.15) is 4.31 Å². The predicted molar refractivity (Wildman–Crippen MR) is 111 cm³/mol. The fourth-order valence-corrected chi connectivity index (χ4v) is 4.55. The molecule has 0 aliphatic carbocycles. The van der Waals surface area contributed by atoms with Gasteiger partial charge < -0.3 is 14.8 Å². The molecule has 156 valence electrons. The van der Waals surface area contributed by atoms with Gasteiger partial charge in [0.25, 0.3) is 5.91 Å². The summed E-state index contributed by atoms with van der Waals surface area (Å²) in [4.78, 5) is 12.4. The number of anilines is 1. The smallest absolute Gasteiger partial charge is 0.265 e. The van der Waals surface area contributed by atoms with E-state index in [0.29, 0.717) is 37.0 Å². The molecule has 2 aromatic carbocycles. The normalized spacial score (nSPS) is 16.2. The summed E-state index contributed by atoms with van der Waals surface area (Å²) >= 11 is 12.0. The van der Waals surface area contributed by atoms with E-state index in [2.05, 4.69) is 5.32 Å². The molecule has 1 heterocycles. The zero-order valence-corrected chi connectivity index (χ0v) is 17.9. The average Bonchev–Trinajstić information content (AvgIpc) is 2.71. The number of halogens is 2. The van der Waals surface area contributed by atoms with Crippen molar-refractivity contribution in [3.63, 3.8) is 0 Å². The molecular formula is C19H20Cl2N2O5S. The number of hydrogen-bond donors (Lipinski definition) is 1. The van der Waals surface area contributed by atoms with Crippen LogP contribution in [-0.2, 0) is 19.6 Å². The van der Waals surface area contributed by atoms with E-state index in [0.717, 1.165) is 0 Å². The van der Waals surface area contributed by atoms with Crippen LogP contribution in [0.4, 0.5) is 5.69 Å². The Morgan fingerprint density at radius 1 is 1.14 bits per heavy atom. The Bertz CT molecular complexity index is 977. The molecule has 1 atom stereocenters. The number of amides is 1. The Hall–Kier alpha value is -1.84. The van der Waals surface area contributed by atoms with E-state index in [9.17, 15) is 13.2 Å². The molecule has 1 saturated heterocycles. The van der Waals surface area contributed by atoms with Crippen LogP contribution >= 0.6 is 23.2 Å². The molecule has 1 aliphatic heterocycles. The number of nitrogens with one attached hydrogen (secondary N) is 1. The van der Waals surface area contributed by atoms with E-state index in [-0.39, 0.29) is 21.6 Å². The molecule has 2 aromatic rings. The Kier molecular flexibility index (Phi) is 7.02. The van der Waals surface area contributed by atoms with Crippen molar-refractivity contribution in [2.45, 2.75) is 17.9 Å². The van der Waals surface area contributed by atoms with Gasteiger partial charge in [0.05, 0.1) is 23.1 Å². The van der Waals surface area contributed by atoms with Crippen molar-refractivity contribution in [2.24, 2.45) is 0 Å². The highest BCUT2D eigenvalue weighted by molar-refractivity contribution is 7.89. The van der Waals surface area contributed by atoms with Gasteiger partial charge in [-0.1, -0.05) is 23.2 Å². The summed E-state index contributed by atoms with van der Waals surface area (Å²) in [6.45, 7) is 2.86. The van der Waals surface area contributed by atoms with Crippen LogP contribution in [0.5, 0.6) is 5.75 Å². The number of carbonyl (C=O) groups is 1. The molecule has 7 nitrogen and oxygen atoms in total. The van der Waals surface area contributed by atoms with Crippen molar-refractivity contribution >= 4 is 44.8 Å². The molecule has 0 aromatic heterocycles. The quantitative estimate of drug-likeness (QED) is 0.716. The lowest BCUT2D eigenvalue weighted by molar-refractivity contribution is -0.122. The molecule has 0 unspecified atom stereocenters. The molecule has 1 aliphatic rings. The Balaban J connectivity index is 1.68. The minimum atomic E-state index is -3.67. The summed E-state index contributed by atoms with van der Waals surface area (Å²) in [5, 5.41) is 3.37. The second kappa shape index (κ2) is 9.32. The Morgan fingerprint density at radius 3 is 2.41 bits per heavy atom. The molecular weight excluding hydrogens is 439 g/mol. The maximum absolute atomic E-state index is 12.7. The third-order valence-corrected chi connectivity index (χ3v) is 6.74. The number of benzene rings is 2. The van der Waals surface area contributed by atoms with E-state index in [1.807, 2.05) is 0 Å². The Labute approximate surface area is 179 Å². The lowest BCUT2D eigenvalue weighted by Gasteiger charge is -2.26. The summed E-state index contributed by atoms with van der Waals surface area (Å²) in [5.74, 6) is -0.167. The minimum Gasteiger partial charge on any atom is -0.479 e. The number of sulfonamides is 1. The molecule has 1 amide bonds. The number of ether oxygens (including phenoxy) is 2. The first-order valence-corrected chi connectivity index (χ1v) is 11.1. The Morgan fingerprint density at radius 2 is 1.79 bits per heavy atom. The topological polar surface area (TPSA) is 84.9 Å². The number of nitrogens with zero attached hydrogens (tertiary/aromatic N) is 1. The van der Waals surface area contributed by atoms with E-state index < -0.39 is 16.1 Å². The van der Waals surface area contributed by atoms with Crippen LogP contribution in [0.25, 0.3) is 0 Å². The predicted octanol–water partition coefficient (Wildman–Crippen LogP) is 3.42. The highest BCUT2D eigenvalue weighted by atomic mass is 35.5. The summed E-state index contributed by atoms with van der Waals surface area (Å²) < 4.78 is 37.6. The maximum Gasteiger partial charge on any atom is 0.265 e. The van der Waals surface area contributed by atoms with Crippen LogP contribution in [0.2, 0.25) is 10.0 Å². The van der Waals surface area contributed by atoms with Crippen LogP contribution in [0.1, 0.15) is 6.92 Å². The lowest BCUT2D eigenvalue weighted by Crippen LogP contribution is -2.40. The maximum atomic E-state index is 12.7. The fraction of sp³-hybridized carbons (Fsp3) is 0.316. The van der Waals surface area contributed by atoms with Gasteiger partial charge in [-0.05, 0) is 49.4 Å². The molecule has 29 heavy (non-hydrogen) atoms. The first-order chi connectivity index (χ1) is 13.8. The van der Waals surface area contributed by atoms with E-state index in [4.69, 9.17) is 32.7 Å². The van der Waals surface area contributed by atoms with Gasteiger partial charge in [-0.15, -0.1) is 0 Å². The summed E-state index contributed by atoms with van der Waals surface area (Å²) in [5.41, 5.74) is 0.577. The van der Waals surface area contributed by atoms with Crippen molar-refractivity contribution in [2.75, 3.05) is 31.6 Å². The molecule has 1 N–H and O–H groups in total. The highest BCUT2D eigenvalue weighted by Gasteiger charge is 2.27. The van der Waals surface area contributed by atoms with Crippen LogP contribution in [0.3, 0.4) is 0 Å². The summed E-state index contributed by atoms with van der Waals surface area (Å²) in [7, 11) is -3.67. The van der Waals surface area contributed by atoms with Crippen LogP contribution in [-0.4, -0.2) is 51.0 Å². The molecule has 0 bridgehead atoms. The van der Waals surface area contributed by atoms with Crippen LogP contribution in [0.15, 0.2) is 47.4 Å². The molecule has 10 heteroatoms. The SMILES string of the molecule is C[C@@H](Oc1ccc(S(=O)(=O)N2CCOCC2)cc1Cl)C(=O)Nc1ccc(Cl)cc1. The third-order valence-electron chi connectivity index (χ3n) is 4.30. The van der Waals surface area contributed by atoms with E-state index in [1.54, 1.807) is 31.2 Å². The van der Waals surface area contributed by atoms with Gasteiger partial charge in [0.15, 0.2) is 6.10 Å². The van der Waals surface area contributed by atoms with Gasteiger partial charge in [0, 0.05) is 23.8 Å². The fourth-order valence-electron chi connectivity index (χ4n) is 2.69. The van der Waals surface area contributed by atoms with Gasteiger partial charge in [-0.3, -0.25) is 4.79 Å². The zero-order valence-electron chi connectivity index (χ0n) is 15.6. The average molecular weight is 459 g/mol. The van der Waals surface area contributed by atoms with Crippen LogP contribution in [0, 0.1) is 0 Å². The van der Waals surface area contributed by atoms with Crippen molar-refractivity contribution in [1.29, 1.82) is 0 Å².